The Bertz CT molecular complexity index is 966. The monoisotopic (exact) mass is 439 g/mol. The molecule has 0 aromatic heterocycles. The van der Waals surface area contributed by atoms with Crippen LogP contribution in [0, 0.1) is 29.8 Å². The Morgan fingerprint density at radius 2 is 1.77 bits per heavy atom. The number of nitrogens with one attached hydrogen (secondary N) is 3. The topological polar surface area (TPSA) is 112 Å². The third-order valence-corrected chi connectivity index (χ3v) is 3.84. The molecule has 166 valence electrons. The number of benzene rings is 2. The second-order valence-electron chi connectivity index (χ2n) is 5.95. The molecule has 2 rings (SSSR count). The van der Waals surface area contributed by atoms with Gasteiger partial charge < -0.3 is 15.5 Å². The van der Waals surface area contributed by atoms with Crippen molar-refractivity contribution in [2.24, 2.45) is 0 Å². The first-order valence-electron chi connectivity index (χ1n) is 8.95. The molecule has 0 aliphatic carbocycles. The van der Waals surface area contributed by atoms with Crippen LogP contribution < -0.4 is 16.3 Å². The lowest BCUT2D eigenvalue weighted by Crippen LogP contribution is -2.27. The van der Waals surface area contributed by atoms with Crippen LogP contribution in [0.3, 0.4) is 0 Å². The molecule has 5 N–H and O–H groups in total. The first kappa shape index (κ1) is 24.1. The van der Waals surface area contributed by atoms with Crippen LogP contribution in [0.5, 0.6) is 0 Å². The van der Waals surface area contributed by atoms with E-state index < -0.39 is 41.2 Å². The number of hydroxylamine groups is 2. The van der Waals surface area contributed by atoms with E-state index in [0.29, 0.717) is 0 Å². The van der Waals surface area contributed by atoms with Crippen molar-refractivity contribution < 1.29 is 37.9 Å². The molecule has 0 aliphatic heterocycles. The molecule has 0 spiro atoms. The van der Waals surface area contributed by atoms with Gasteiger partial charge in [0.2, 0.25) is 0 Å². The quantitative estimate of drug-likeness (QED) is 0.205. The van der Waals surface area contributed by atoms with Gasteiger partial charge in [-0.05, 0) is 24.3 Å². The fourth-order valence-electron chi connectivity index (χ4n) is 2.41. The lowest BCUT2D eigenvalue weighted by atomic mass is 10.1. The molecular formula is C20H20F3N3O5. The molecule has 0 fully saturated rings. The predicted molar refractivity (Wildman–Crippen MR) is 104 cm³/mol. The molecule has 1 amide bonds. The highest BCUT2D eigenvalue weighted by Crippen LogP contribution is 2.30. The maximum absolute atomic E-state index is 14.8. The summed E-state index contributed by atoms with van der Waals surface area (Å²) in [6.45, 7) is -1.38. The minimum atomic E-state index is -1.45. The Hall–Kier alpha value is -3.14. The lowest BCUT2D eigenvalue weighted by molar-refractivity contribution is 0.0131. The first-order valence-corrected chi connectivity index (χ1v) is 8.95. The van der Waals surface area contributed by atoms with Crippen molar-refractivity contribution in [3.8, 4) is 12.3 Å². The Kier molecular flexibility index (Phi) is 9.26. The summed E-state index contributed by atoms with van der Waals surface area (Å²) in [5, 5.41) is 19.8. The minimum Gasteiger partial charge on any atom is -0.394 e. The van der Waals surface area contributed by atoms with Gasteiger partial charge in [-0.1, -0.05) is 5.92 Å². The SMILES string of the molecule is C#Cc1ccc(Nc2c(C(=O)NOCCO)cc(CNOCCO)c(F)c2F)c(F)c1. The number of halogens is 3. The van der Waals surface area contributed by atoms with Crippen LogP contribution in [0.25, 0.3) is 0 Å². The maximum Gasteiger partial charge on any atom is 0.277 e. The molecule has 0 unspecified atom stereocenters. The zero-order valence-electron chi connectivity index (χ0n) is 16.2. The number of aliphatic hydroxyl groups is 2. The number of hydrogen-bond donors (Lipinski definition) is 5. The minimum absolute atomic E-state index is 0.0982. The molecular weight excluding hydrogens is 419 g/mol. The van der Waals surface area contributed by atoms with Gasteiger partial charge in [0.05, 0.1) is 43.4 Å². The van der Waals surface area contributed by atoms with E-state index >= 15 is 0 Å². The molecule has 2 aromatic rings. The Balaban J connectivity index is 2.43. The van der Waals surface area contributed by atoms with Gasteiger partial charge >= 0.3 is 0 Å². The fourth-order valence-corrected chi connectivity index (χ4v) is 2.41. The lowest BCUT2D eigenvalue weighted by Gasteiger charge is -2.17. The van der Waals surface area contributed by atoms with Crippen LogP contribution in [0.1, 0.15) is 21.5 Å². The first-order chi connectivity index (χ1) is 14.9. The van der Waals surface area contributed by atoms with Crippen molar-refractivity contribution in [3.05, 3.63) is 58.4 Å². The van der Waals surface area contributed by atoms with Gasteiger partial charge in [0.15, 0.2) is 11.6 Å². The van der Waals surface area contributed by atoms with Crippen LogP contribution in [0.2, 0.25) is 0 Å². The van der Waals surface area contributed by atoms with Gasteiger partial charge in [-0.3, -0.25) is 14.5 Å². The van der Waals surface area contributed by atoms with Crippen molar-refractivity contribution in [1.82, 2.24) is 11.0 Å². The van der Waals surface area contributed by atoms with Crippen molar-refractivity contribution in [2.45, 2.75) is 6.54 Å². The molecule has 8 nitrogen and oxygen atoms in total. The standard InChI is InChI=1S/C20H20F3N3O5/c1-2-12-3-4-16(15(21)9-12)25-19-14(20(29)26-31-8-6-28)10-13(17(22)18(19)23)11-24-30-7-5-27/h1,3-4,9-10,24-25,27-28H,5-8,11H2,(H,26,29). The van der Waals surface area contributed by atoms with Gasteiger partial charge in [0.25, 0.3) is 5.91 Å². The summed E-state index contributed by atoms with van der Waals surface area (Å²) in [5.41, 5.74) is 2.94. The smallest absolute Gasteiger partial charge is 0.277 e. The van der Waals surface area contributed by atoms with Crippen molar-refractivity contribution in [3.63, 3.8) is 0 Å². The van der Waals surface area contributed by atoms with Crippen LogP contribution in [0.4, 0.5) is 24.5 Å². The highest BCUT2D eigenvalue weighted by molar-refractivity contribution is 6.00. The van der Waals surface area contributed by atoms with Gasteiger partial charge in [-0.2, -0.15) is 5.48 Å². The molecule has 0 saturated heterocycles. The average Bonchev–Trinajstić information content (AvgIpc) is 2.76. The highest BCUT2D eigenvalue weighted by Gasteiger charge is 2.24. The summed E-state index contributed by atoms with van der Waals surface area (Å²) in [6, 6.07) is 4.61. The molecule has 11 heteroatoms. The average molecular weight is 439 g/mol. The number of amides is 1. The van der Waals surface area contributed by atoms with E-state index in [4.69, 9.17) is 26.3 Å². The van der Waals surface area contributed by atoms with E-state index in [1.807, 2.05) is 5.48 Å². The molecule has 2 aromatic carbocycles. The molecule has 0 atom stereocenters. The van der Waals surface area contributed by atoms with Gasteiger partial charge in [-0.25, -0.2) is 18.7 Å². The van der Waals surface area contributed by atoms with Crippen LogP contribution in [-0.4, -0.2) is 42.5 Å². The summed E-state index contributed by atoms with van der Waals surface area (Å²) < 4.78 is 43.7. The van der Waals surface area contributed by atoms with Gasteiger partial charge in [-0.15, -0.1) is 6.42 Å². The third kappa shape index (κ3) is 6.42. The summed E-state index contributed by atoms with van der Waals surface area (Å²) in [7, 11) is 0. The Morgan fingerprint density at radius 3 is 2.42 bits per heavy atom. The number of anilines is 2. The maximum atomic E-state index is 14.8. The zero-order valence-corrected chi connectivity index (χ0v) is 16.2. The van der Waals surface area contributed by atoms with Crippen molar-refractivity contribution in [2.75, 3.05) is 31.7 Å². The van der Waals surface area contributed by atoms with Crippen molar-refractivity contribution in [1.29, 1.82) is 0 Å². The normalized spacial score (nSPS) is 10.6. The second kappa shape index (κ2) is 11.9. The van der Waals surface area contributed by atoms with E-state index in [9.17, 15) is 18.0 Å². The van der Waals surface area contributed by atoms with E-state index in [1.165, 1.54) is 12.1 Å². The van der Waals surface area contributed by atoms with Crippen LogP contribution in [-0.2, 0) is 16.2 Å². The number of hydrogen-bond acceptors (Lipinski definition) is 7. The number of aliphatic hydroxyl groups excluding tert-OH is 2. The number of carbonyl (C=O) groups is 1. The number of carbonyl (C=O) groups excluding carboxylic acids is 1. The molecule has 0 aliphatic rings. The molecule has 0 radical (unpaired) electrons. The van der Waals surface area contributed by atoms with E-state index in [2.05, 4.69) is 16.7 Å². The van der Waals surface area contributed by atoms with Crippen molar-refractivity contribution >= 4 is 17.3 Å². The highest BCUT2D eigenvalue weighted by atomic mass is 19.2. The summed E-state index contributed by atoms with van der Waals surface area (Å²) in [5.74, 6) is -2.35. The zero-order chi connectivity index (χ0) is 22.8. The third-order valence-electron chi connectivity index (χ3n) is 3.84. The number of rotatable bonds is 11. The second-order valence-corrected chi connectivity index (χ2v) is 5.95. The molecule has 31 heavy (non-hydrogen) atoms. The fraction of sp³-hybridized carbons (Fsp3) is 0.250. The van der Waals surface area contributed by atoms with Crippen LogP contribution in [0.15, 0.2) is 24.3 Å². The Labute approximate surface area is 175 Å². The van der Waals surface area contributed by atoms with Gasteiger partial charge in [0.1, 0.15) is 5.82 Å². The molecule has 0 bridgehead atoms. The predicted octanol–water partition coefficient (Wildman–Crippen LogP) is 1.50. The summed E-state index contributed by atoms with van der Waals surface area (Å²) in [4.78, 5) is 22.0. The molecule has 0 saturated carbocycles. The van der Waals surface area contributed by atoms with Crippen LogP contribution >= 0.6 is 0 Å². The Morgan fingerprint density at radius 1 is 1.06 bits per heavy atom. The number of terminal acetylenes is 1. The summed E-state index contributed by atoms with van der Waals surface area (Å²) >= 11 is 0. The van der Waals surface area contributed by atoms with E-state index in [0.717, 1.165) is 12.1 Å². The largest absolute Gasteiger partial charge is 0.394 e. The molecule has 0 heterocycles. The van der Waals surface area contributed by atoms with E-state index in [-0.39, 0.29) is 43.2 Å². The van der Waals surface area contributed by atoms with E-state index in [1.54, 1.807) is 0 Å². The summed E-state index contributed by atoms with van der Waals surface area (Å²) in [6.07, 6.45) is 5.20. The van der Waals surface area contributed by atoms with Gasteiger partial charge in [0, 0.05) is 17.7 Å².